The summed E-state index contributed by atoms with van der Waals surface area (Å²) in [5.41, 5.74) is -2.03. The smallest absolute Gasteiger partial charge is 0.303 e. The number of nitrogens with zero attached hydrogens (tertiary/aromatic N) is 5. The molecule has 0 spiro atoms. The molecule has 7 nitrogen and oxygen atoms in total. The number of benzene rings is 1. The van der Waals surface area contributed by atoms with E-state index in [1.54, 1.807) is 0 Å². The average molecular weight is 391 g/mol. The van der Waals surface area contributed by atoms with Gasteiger partial charge >= 0.3 is 5.97 Å². The van der Waals surface area contributed by atoms with Crippen molar-refractivity contribution in [2.24, 2.45) is 0 Å². The number of esters is 1. The summed E-state index contributed by atoms with van der Waals surface area (Å²) >= 11 is 0. The molecule has 0 N–H and O–H groups in total. The Labute approximate surface area is 158 Å². The van der Waals surface area contributed by atoms with Crippen LogP contribution in [0.15, 0.2) is 43.4 Å². The molecule has 0 saturated heterocycles. The largest absolute Gasteiger partial charge is 0.452 e. The van der Waals surface area contributed by atoms with Crippen LogP contribution in [-0.2, 0) is 21.7 Å². The van der Waals surface area contributed by atoms with Gasteiger partial charge in [-0.05, 0) is 12.1 Å². The van der Waals surface area contributed by atoms with Gasteiger partial charge in [-0.1, -0.05) is 6.92 Å². The maximum atomic E-state index is 14.8. The van der Waals surface area contributed by atoms with E-state index >= 15 is 0 Å². The first-order chi connectivity index (χ1) is 13.3. The highest BCUT2D eigenvalue weighted by molar-refractivity contribution is 5.67. The van der Waals surface area contributed by atoms with E-state index in [4.69, 9.17) is 4.74 Å². The second-order valence-electron chi connectivity index (χ2n) is 6.18. The van der Waals surface area contributed by atoms with Crippen molar-refractivity contribution in [3.05, 3.63) is 72.1 Å². The van der Waals surface area contributed by atoms with Crippen molar-refractivity contribution in [1.82, 2.24) is 24.7 Å². The van der Waals surface area contributed by atoms with Crippen LogP contribution in [0.5, 0.6) is 0 Å². The number of rotatable bonds is 6. The van der Waals surface area contributed by atoms with Crippen LogP contribution in [0.4, 0.5) is 13.2 Å². The molecule has 28 heavy (non-hydrogen) atoms. The van der Waals surface area contributed by atoms with Crippen LogP contribution in [0, 0.1) is 17.5 Å². The standard InChI is InChI=1S/C18H16F3N5O2/c1-11(17-16(21)6-22-8-24-17)18(28-12(2)27,7-26-10-23-9-25-26)14-4-3-13(19)5-15(14)20/h3-6,8-11H,7H2,1-2H3/t11?,18-/m1/s1. The predicted octanol–water partition coefficient (Wildman–Crippen LogP) is 2.75. The molecule has 0 fully saturated rings. The van der Waals surface area contributed by atoms with Gasteiger partial charge in [0.2, 0.25) is 0 Å². The predicted molar refractivity (Wildman–Crippen MR) is 90.2 cm³/mol. The van der Waals surface area contributed by atoms with Gasteiger partial charge in [-0.2, -0.15) is 5.10 Å². The zero-order chi connectivity index (χ0) is 20.3. The highest BCUT2D eigenvalue weighted by Gasteiger charge is 2.46. The lowest BCUT2D eigenvalue weighted by atomic mass is 9.79. The van der Waals surface area contributed by atoms with Gasteiger partial charge in [-0.15, -0.1) is 0 Å². The van der Waals surface area contributed by atoms with Crippen molar-refractivity contribution in [2.75, 3.05) is 0 Å². The quantitative estimate of drug-likeness (QED) is 0.601. The van der Waals surface area contributed by atoms with Crippen LogP contribution in [0.1, 0.15) is 31.0 Å². The van der Waals surface area contributed by atoms with Gasteiger partial charge in [-0.25, -0.2) is 32.8 Å². The van der Waals surface area contributed by atoms with E-state index in [-0.39, 0.29) is 17.8 Å². The topological polar surface area (TPSA) is 82.8 Å². The summed E-state index contributed by atoms with van der Waals surface area (Å²) in [6, 6.07) is 2.85. The van der Waals surface area contributed by atoms with E-state index in [9.17, 15) is 18.0 Å². The number of halogens is 3. The number of hydrogen-bond donors (Lipinski definition) is 0. The third-order valence-corrected chi connectivity index (χ3v) is 4.38. The maximum Gasteiger partial charge on any atom is 0.303 e. The molecule has 0 saturated carbocycles. The van der Waals surface area contributed by atoms with Gasteiger partial charge in [0.25, 0.3) is 0 Å². The summed E-state index contributed by atoms with van der Waals surface area (Å²) in [5.74, 6) is -4.25. The average Bonchev–Trinajstić information content (AvgIpc) is 3.13. The summed E-state index contributed by atoms with van der Waals surface area (Å²) in [6.07, 6.45) is 4.66. The molecule has 0 aliphatic heterocycles. The molecule has 1 aromatic carbocycles. The maximum absolute atomic E-state index is 14.8. The molecular weight excluding hydrogens is 375 g/mol. The summed E-state index contributed by atoms with van der Waals surface area (Å²) in [4.78, 5) is 23.3. The van der Waals surface area contributed by atoms with E-state index < -0.39 is 34.9 Å². The zero-order valence-electron chi connectivity index (χ0n) is 15.0. The normalized spacial score (nSPS) is 14.3. The monoisotopic (exact) mass is 391 g/mol. The molecule has 2 heterocycles. The Morgan fingerprint density at radius 1 is 1.21 bits per heavy atom. The summed E-state index contributed by atoms with van der Waals surface area (Å²) in [6.45, 7) is 2.45. The van der Waals surface area contributed by atoms with Crippen LogP contribution in [0.3, 0.4) is 0 Å². The number of aromatic nitrogens is 5. The molecule has 2 aromatic heterocycles. The summed E-state index contributed by atoms with van der Waals surface area (Å²) in [7, 11) is 0. The third-order valence-electron chi connectivity index (χ3n) is 4.38. The van der Waals surface area contributed by atoms with Gasteiger partial charge in [0.05, 0.1) is 18.4 Å². The Morgan fingerprint density at radius 2 is 2.00 bits per heavy atom. The van der Waals surface area contributed by atoms with Gasteiger partial charge in [0.1, 0.15) is 30.6 Å². The molecule has 0 aliphatic carbocycles. The Bertz CT molecular complexity index is 983. The van der Waals surface area contributed by atoms with Crippen molar-refractivity contribution < 1.29 is 22.7 Å². The molecule has 0 bridgehead atoms. The van der Waals surface area contributed by atoms with Crippen molar-refractivity contribution >= 4 is 5.97 Å². The first-order valence-corrected chi connectivity index (χ1v) is 8.26. The van der Waals surface area contributed by atoms with Gasteiger partial charge in [0, 0.05) is 24.5 Å². The Kier molecular flexibility index (Phi) is 5.39. The van der Waals surface area contributed by atoms with Crippen LogP contribution in [0.2, 0.25) is 0 Å². The van der Waals surface area contributed by atoms with Crippen molar-refractivity contribution in [3.8, 4) is 0 Å². The molecule has 3 aromatic rings. The Balaban J connectivity index is 2.25. The first-order valence-electron chi connectivity index (χ1n) is 8.26. The van der Waals surface area contributed by atoms with E-state index in [0.717, 1.165) is 31.6 Å². The lowest BCUT2D eigenvalue weighted by Crippen LogP contribution is -2.43. The van der Waals surface area contributed by atoms with Gasteiger partial charge in [-0.3, -0.25) is 4.79 Å². The third kappa shape index (κ3) is 3.71. The number of carbonyl (C=O) groups excluding carboxylic acids is 1. The van der Waals surface area contributed by atoms with Crippen molar-refractivity contribution in [3.63, 3.8) is 0 Å². The van der Waals surface area contributed by atoms with E-state index in [1.165, 1.54) is 24.3 Å². The van der Waals surface area contributed by atoms with E-state index in [0.29, 0.717) is 6.07 Å². The minimum Gasteiger partial charge on any atom is -0.452 e. The fourth-order valence-electron chi connectivity index (χ4n) is 3.14. The minimum atomic E-state index is -1.79. The number of hydrogen-bond acceptors (Lipinski definition) is 6. The first kappa shape index (κ1) is 19.5. The lowest BCUT2D eigenvalue weighted by Gasteiger charge is -2.38. The zero-order valence-corrected chi connectivity index (χ0v) is 15.0. The lowest BCUT2D eigenvalue weighted by molar-refractivity contribution is -0.164. The highest BCUT2D eigenvalue weighted by Crippen LogP contribution is 2.43. The van der Waals surface area contributed by atoms with Crippen LogP contribution in [0.25, 0.3) is 0 Å². The van der Waals surface area contributed by atoms with Crippen molar-refractivity contribution in [1.29, 1.82) is 0 Å². The van der Waals surface area contributed by atoms with Crippen molar-refractivity contribution in [2.45, 2.75) is 31.9 Å². The van der Waals surface area contributed by atoms with Crippen LogP contribution in [-0.4, -0.2) is 30.7 Å². The molecule has 146 valence electrons. The summed E-state index contributed by atoms with van der Waals surface area (Å²) in [5, 5.41) is 3.97. The Morgan fingerprint density at radius 3 is 2.61 bits per heavy atom. The molecule has 10 heteroatoms. The van der Waals surface area contributed by atoms with E-state index in [1.807, 2.05) is 0 Å². The number of ether oxygens (including phenoxy) is 1. The van der Waals surface area contributed by atoms with E-state index in [2.05, 4.69) is 20.1 Å². The molecule has 3 rings (SSSR count). The van der Waals surface area contributed by atoms with Gasteiger partial charge in [0.15, 0.2) is 11.4 Å². The second-order valence-corrected chi connectivity index (χ2v) is 6.18. The molecular formula is C18H16F3N5O2. The second kappa shape index (κ2) is 7.75. The fourth-order valence-corrected chi connectivity index (χ4v) is 3.14. The fraction of sp³-hybridized carbons (Fsp3) is 0.278. The molecule has 0 radical (unpaired) electrons. The molecule has 0 aliphatic rings. The molecule has 0 amide bonds. The van der Waals surface area contributed by atoms with Gasteiger partial charge < -0.3 is 4.74 Å². The molecule has 1 unspecified atom stereocenters. The number of carbonyl (C=O) groups is 1. The summed E-state index contributed by atoms with van der Waals surface area (Å²) < 4.78 is 49.6. The van der Waals surface area contributed by atoms with Crippen LogP contribution < -0.4 is 0 Å². The highest BCUT2D eigenvalue weighted by atomic mass is 19.1. The minimum absolute atomic E-state index is 0.0971. The Hall–Kier alpha value is -3.30. The molecule has 2 atom stereocenters. The van der Waals surface area contributed by atoms with Crippen LogP contribution >= 0.6 is 0 Å². The SMILES string of the molecule is CC(=O)O[C@@](Cn1cncn1)(c1ccc(F)cc1F)C(C)c1ncncc1F.